The molecule has 0 aliphatic heterocycles. The van der Waals surface area contributed by atoms with Gasteiger partial charge in [0.05, 0.1) is 12.9 Å². The number of anilines is 1. The number of ether oxygens (including phenoxy) is 1. The number of nitrogens with zero attached hydrogens (tertiary/aromatic N) is 3. The van der Waals surface area contributed by atoms with Crippen molar-refractivity contribution in [2.24, 2.45) is 0 Å². The summed E-state index contributed by atoms with van der Waals surface area (Å²) in [4.78, 5) is 12.8. The molecule has 6 nitrogen and oxygen atoms in total. The zero-order valence-electron chi connectivity index (χ0n) is 21.6. The number of nitrogens with one attached hydrogen (secondary N) is 1. The number of hydrogen-bond donors (Lipinski definition) is 1. The van der Waals surface area contributed by atoms with Crippen LogP contribution >= 0.6 is 11.8 Å². The molecule has 0 spiro atoms. The number of aromatic nitrogens is 3. The summed E-state index contributed by atoms with van der Waals surface area (Å²) in [5, 5.41) is 12.6. The molecular formula is C29H32N4O2S. The van der Waals surface area contributed by atoms with Crippen LogP contribution in [0.4, 0.5) is 5.69 Å². The third kappa shape index (κ3) is 5.62. The molecule has 0 bridgehead atoms. The molecule has 0 unspecified atom stereocenters. The van der Waals surface area contributed by atoms with Crippen molar-refractivity contribution in [1.29, 1.82) is 0 Å². The van der Waals surface area contributed by atoms with E-state index in [0.29, 0.717) is 5.16 Å². The lowest BCUT2D eigenvalue weighted by Crippen LogP contribution is -2.15. The van der Waals surface area contributed by atoms with Crippen molar-refractivity contribution in [3.05, 3.63) is 83.4 Å². The number of hydrogen-bond acceptors (Lipinski definition) is 5. The van der Waals surface area contributed by atoms with Crippen molar-refractivity contribution < 1.29 is 9.53 Å². The SMILES string of the molecule is COc1ccc(-n2c(SCC(=O)Nc3cccc(C)c3C)nnc2-c2ccc(C(C)(C)C)cc2)cc1. The van der Waals surface area contributed by atoms with Gasteiger partial charge in [-0.25, -0.2) is 0 Å². The molecule has 4 aromatic rings. The largest absolute Gasteiger partial charge is 0.497 e. The number of thioether (sulfide) groups is 1. The predicted molar refractivity (Wildman–Crippen MR) is 147 cm³/mol. The van der Waals surface area contributed by atoms with E-state index in [4.69, 9.17) is 4.74 Å². The van der Waals surface area contributed by atoms with Crippen molar-refractivity contribution in [3.8, 4) is 22.8 Å². The van der Waals surface area contributed by atoms with Crippen LogP contribution in [0, 0.1) is 13.8 Å². The molecule has 0 aliphatic rings. The van der Waals surface area contributed by atoms with Gasteiger partial charge in [-0.2, -0.15) is 0 Å². The van der Waals surface area contributed by atoms with E-state index in [9.17, 15) is 4.79 Å². The van der Waals surface area contributed by atoms with Gasteiger partial charge in [0.15, 0.2) is 11.0 Å². The molecule has 1 N–H and O–H groups in total. The Bertz CT molecular complexity index is 1350. The van der Waals surface area contributed by atoms with E-state index in [0.717, 1.165) is 39.6 Å². The molecule has 1 amide bonds. The van der Waals surface area contributed by atoms with E-state index in [1.807, 2.05) is 60.9 Å². The topological polar surface area (TPSA) is 69.0 Å². The van der Waals surface area contributed by atoms with Crippen LogP contribution in [0.3, 0.4) is 0 Å². The van der Waals surface area contributed by atoms with Crippen molar-refractivity contribution in [1.82, 2.24) is 14.8 Å². The highest BCUT2D eigenvalue weighted by atomic mass is 32.2. The van der Waals surface area contributed by atoms with Crippen LogP contribution in [0.2, 0.25) is 0 Å². The summed E-state index contributed by atoms with van der Waals surface area (Å²) >= 11 is 1.36. The summed E-state index contributed by atoms with van der Waals surface area (Å²) in [5.74, 6) is 1.61. The highest BCUT2D eigenvalue weighted by Gasteiger charge is 2.19. The van der Waals surface area contributed by atoms with Gasteiger partial charge in [0.1, 0.15) is 5.75 Å². The quantitative estimate of drug-likeness (QED) is 0.290. The Labute approximate surface area is 217 Å². The van der Waals surface area contributed by atoms with Crippen molar-refractivity contribution in [2.45, 2.75) is 45.2 Å². The second kappa shape index (κ2) is 10.6. The molecule has 0 radical (unpaired) electrons. The first-order valence-corrected chi connectivity index (χ1v) is 12.9. The predicted octanol–water partition coefficient (Wildman–Crippen LogP) is 6.59. The lowest BCUT2D eigenvalue weighted by molar-refractivity contribution is -0.113. The molecule has 0 fully saturated rings. The first-order valence-electron chi connectivity index (χ1n) is 11.9. The summed E-state index contributed by atoms with van der Waals surface area (Å²) in [5.41, 5.74) is 6.20. The monoisotopic (exact) mass is 500 g/mol. The Morgan fingerprint density at radius 2 is 1.67 bits per heavy atom. The molecule has 0 atom stereocenters. The van der Waals surface area contributed by atoms with Crippen molar-refractivity contribution in [2.75, 3.05) is 18.2 Å². The van der Waals surface area contributed by atoms with Crippen LogP contribution < -0.4 is 10.1 Å². The lowest BCUT2D eigenvalue weighted by atomic mass is 9.87. The molecule has 36 heavy (non-hydrogen) atoms. The third-order valence-electron chi connectivity index (χ3n) is 6.18. The number of rotatable bonds is 7. The van der Waals surface area contributed by atoms with Crippen LogP contribution in [-0.4, -0.2) is 33.5 Å². The fourth-order valence-corrected chi connectivity index (χ4v) is 4.59. The number of methoxy groups -OCH3 is 1. The van der Waals surface area contributed by atoms with Gasteiger partial charge in [-0.3, -0.25) is 9.36 Å². The van der Waals surface area contributed by atoms with E-state index < -0.39 is 0 Å². The van der Waals surface area contributed by atoms with E-state index >= 15 is 0 Å². The molecule has 7 heteroatoms. The number of carbonyl (C=O) groups is 1. The van der Waals surface area contributed by atoms with Gasteiger partial charge in [0, 0.05) is 16.9 Å². The Balaban J connectivity index is 1.63. The van der Waals surface area contributed by atoms with Crippen LogP contribution in [-0.2, 0) is 10.2 Å². The minimum absolute atomic E-state index is 0.0617. The van der Waals surface area contributed by atoms with Crippen molar-refractivity contribution in [3.63, 3.8) is 0 Å². The number of carbonyl (C=O) groups excluding carboxylic acids is 1. The maximum absolute atomic E-state index is 12.8. The maximum atomic E-state index is 12.8. The molecule has 1 heterocycles. The summed E-state index contributed by atoms with van der Waals surface area (Å²) < 4.78 is 7.32. The maximum Gasteiger partial charge on any atom is 0.234 e. The van der Waals surface area contributed by atoms with Crippen LogP contribution in [0.25, 0.3) is 17.1 Å². The highest BCUT2D eigenvalue weighted by Crippen LogP contribution is 2.31. The average Bonchev–Trinajstić information content (AvgIpc) is 3.29. The first-order chi connectivity index (χ1) is 17.2. The smallest absolute Gasteiger partial charge is 0.234 e. The molecule has 0 saturated heterocycles. The van der Waals surface area contributed by atoms with Crippen LogP contribution in [0.5, 0.6) is 5.75 Å². The first kappa shape index (κ1) is 25.5. The van der Waals surface area contributed by atoms with Gasteiger partial charge < -0.3 is 10.1 Å². The summed E-state index contributed by atoms with van der Waals surface area (Å²) in [6.07, 6.45) is 0. The molecule has 1 aromatic heterocycles. The van der Waals surface area contributed by atoms with E-state index in [2.05, 4.69) is 60.6 Å². The number of benzene rings is 3. The van der Waals surface area contributed by atoms with E-state index in [1.54, 1.807) is 7.11 Å². The van der Waals surface area contributed by atoms with Gasteiger partial charge >= 0.3 is 0 Å². The summed E-state index contributed by atoms with van der Waals surface area (Å²) in [6.45, 7) is 10.6. The Hall–Kier alpha value is -3.58. The second-order valence-electron chi connectivity index (χ2n) is 9.75. The van der Waals surface area contributed by atoms with Gasteiger partial charge in [-0.05, 0) is 66.3 Å². The normalized spacial score (nSPS) is 11.4. The molecule has 3 aromatic carbocycles. The van der Waals surface area contributed by atoms with Crippen molar-refractivity contribution >= 4 is 23.4 Å². The summed E-state index contributed by atoms with van der Waals surface area (Å²) in [7, 11) is 1.64. The Kier molecular flexibility index (Phi) is 7.50. The van der Waals surface area contributed by atoms with Gasteiger partial charge in [-0.1, -0.05) is 68.9 Å². The fourth-order valence-electron chi connectivity index (χ4n) is 3.84. The highest BCUT2D eigenvalue weighted by molar-refractivity contribution is 7.99. The molecular weight excluding hydrogens is 468 g/mol. The van der Waals surface area contributed by atoms with E-state index in [-0.39, 0.29) is 17.1 Å². The van der Waals surface area contributed by atoms with Gasteiger partial charge in [0.25, 0.3) is 0 Å². The van der Waals surface area contributed by atoms with E-state index in [1.165, 1.54) is 17.3 Å². The van der Waals surface area contributed by atoms with Gasteiger partial charge in [-0.15, -0.1) is 10.2 Å². The number of aryl methyl sites for hydroxylation is 1. The Morgan fingerprint density at radius 1 is 0.972 bits per heavy atom. The van der Waals surface area contributed by atoms with Crippen LogP contribution in [0.1, 0.15) is 37.5 Å². The fraction of sp³-hybridized carbons (Fsp3) is 0.276. The minimum Gasteiger partial charge on any atom is -0.497 e. The molecule has 0 saturated carbocycles. The number of amides is 1. The van der Waals surface area contributed by atoms with Crippen LogP contribution in [0.15, 0.2) is 71.9 Å². The standard InChI is InChI=1S/C29H32N4O2S/c1-19-8-7-9-25(20(19)2)30-26(34)18-36-28-32-31-27(21-10-12-22(13-11-21)29(3,4)5)33(28)23-14-16-24(35-6)17-15-23/h7-17H,18H2,1-6H3,(H,30,34). The molecule has 4 rings (SSSR count). The molecule has 0 aliphatic carbocycles. The zero-order chi connectivity index (χ0) is 25.9. The zero-order valence-corrected chi connectivity index (χ0v) is 22.4. The lowest BCUT2D eigenvalue weighted by Gasteiger charge is -2.19. The molecule has 186 valence electrons. The summed E-state index contributed by atoms with van der Waals surface area (Å²) in [6, 6.07) is 22.1. The van der Waals surface area contributed by atoms with Gasteiger partial charge in [0.2, 0.25) is 5.91 Å². The minimum atomic E-state index is -0.0888. The second-order valence-corrected chi connectivity index (χ2v) is 10.7. The Morgan fingerprint density at radius 3 is 2.31 bits per heavy atom. The third-order valence-corrected chi connectivity index (χ3v) is 7.11. The average molecular weight is 501 g/mol.